The van der Waals surface area contributed by atoms with Crippen LogP contribution in [0.15, 0.2) is 12.1 Å². The highest BCUT2D eigenvalue weighted by atomic mass is 35.5. The van der Waals surface area contributed by atoms with E-state index in [9.17, 15) is 0 Å². The average Bonchev–Trinajstić information content (AvgIpc) is 2.39. The highest BCUT2D eigenvalue weighted by Gasteiger charge is 2.23. The van der Waals surface area contributed by atoms with Gasteiger partial charge in [0.1, 0.15) is 5.82 Å². The standard InChI is InChI=1S/C13H21ClN4/c1-3-17-6-7-18(9-10(17)2)13-5-4-11(14)12(8-15)16-13/h4-5,10H,3,6-9,15H2,1-2H3. The smallest absolute Gasteiger partial charge is 0.129 e. The minimum Gasteiger partial charge on any atom is -0.354 e. The summed E-state index contributed by atoms with van der Waals surface area (Å²) in [6.45, 7) is 9.06. The molecule has 0 spiro atoms. The van der Waals surface area contributed by atoms with Crippen molar-refractivity contribution in [2.24, 2.45) is 5.73 Å². The van der Waals surface area contributed by atoms with Crippen LogP contribution in [0.2, 0.25) is 5.02 Å². The van der Waals surface area contributed by atoms with Crippen molar-refractivity contribution in [2.45, 2.75) is 26.4 Å². The third-order valence-corrected chi connectivity index (χ3v) is 3.94. The molecular weight excluding hydrogens is 248 g/mol. The lowest BCUT2D eigenvalue weighted by molar-refractivity contribution is 0.199. The van der Waals surface area contributed by atoms with E-state index in [1.165, 1.54) is 0 Å². The van der Waals surface area contributed by atoms with Gasteiger partial charge in [-0.3, -0.25) is 4.90 Å². The number of nitrogens with two attached hydrogens (primary N) is 1. The second kappa shape index (κ2) is 5.87. The van der Waals surface area contributed by atoms with Crippen LogP contribution in [0.25, 0.3) is 0 Å². The van der Waals surface area contributed by atoms with Crippen LogP contribution < -0.4 is 10.6 Å². The molecule has 5 heteroatoms. The Morgan fingerprint density at radius 2 is 2.22 bits per heavy atom. The molecule has 0 amide bonds. The van der Waals surface area contributed by atoms with Crippen molar-refractivity contribution in [3.63, 3.8) is 0 Å². The van der Waals surface area contributed by atoms with Crippen LogP contribution in [0.5, 0.6) is 0 Å². The molecule has 1 aliphatic rings. The monoisotopic (exact) mass is 268 g/mol. The predicted molar refractivity (Wildman–Crippen MR) is 76.1 cm³/mol. The number of piperazine rings is 1. The first-order chi connectivity index (χ1) is 8.65. The zero-order chi connectivity index (χ0) is 13.1. The molecule has 0 aromatic carbocycles. The maximum absolute atomic E-state index is 6.04. The molecule has 18 heavy (non-hydrogen) atoms. The van der Waals surface area contributed by atoms with Crippen LogP contribution in [-0.4, -0.2) is 42.1 Å². The van der Waals surface area contributed by atoms with E-state index in [0.29, 0.717) is 17.6 Å². The van der Waals surface area contributed by atoms with E-state index in [0.717, 1.165) is 37.7 Å². The molecule has 2 rings (SSSR count). The lowest BCUT2D eigenvalue weighted by atomic mass is 10.2. The van der Waals surface area contributed by atoms with Crippen LogP contribution in [0.3, 0.4) is 0 Å². The summed E-state index contributed by atoms with van der Waals surface area (Å²) >= 11 is 6.04. The number of nitrogens with zero attached hydrogens (tertiary/aromatic N) is 3. The Kier molecular flexibility index (Phi) is 4.43. The molecule has 4 nitrogen and oxygen atoms in total. The third-order valence-electron chi connectivity index (χ3n) is 3.59. The highest BCUT2D eigenvalue weighted by molar-refractivity contribution is 6.31. The summed E-state index contributed by atoms with van der Waals surface area (Å²) in [5.41, 5.74) is 6.42. The molecular formula is C13H21ClN4. The summed E-state index contributed by atoms with van der Waals surface area (Å²) in [5.74, 6) is 0.988. The van der Waals surface area contributed by atoms with Gasteiger partial charge < -0.3 is 10.6 Å². The second-order valence-electron chi connectivity index (χ2n) is 4.73. The molecule has 1 aromatic rings. The number of aromatic nitrogens is 1. The summed E-state index contributed by atoms with van der Waals surface area (Å²) in [6, 6.07) is 4.43. The number of pyridine rings is 1. The van der Waals surface area contributed by atoms with Gasteiger partial charge in [-0.2, -0.15) is 0 Å². The van der Waals surface area contributed by atoms with Crippen molar-refractivity contribution >= 4 is 17.4 Å². The van der Waals surface area contributed by atoms with Gasteiger partial charge in [0.2, 0.25) is 0 Å². The van der Waals surface area contributed by atoms with Gasteiger partial charge in [0.15, 0.2) is 0 Å². The Morgan fingerprint density at radius 3 is 2.83 bits per heavy atom. The Labute approximate surface area is 114 Å². The van der Waals surface area contributed by atoms with Crippen LogP contribution >= 0.6 is 11.6 Å². The van der Waals surface area contributed by atoms with E-state index in [-0.39, 0.29) is 0 Å². The number of hydrogen-bond donors (Lipinski definition) is 1. The molecule has 1 unspecified atom stereocenters. The lowest BCUT2D eigenvalue weighted by Crippen LogP contribution is -2.52. The molecule has 1 atom stereocenters. The second-order valence-corrected chi connectivity index (χ2v) is 5.13. The Bertz CT molecular complexity index is 410. The summed E-state index contributed by atoms with van der Waals surface area (Å²) in [6.07, 6.45) is 0. The number of likely N-dealkylation sites (N-methyl/N-ethyl adjacent to an activating group) is 1. The van der Waals surface area contributed by atoms with E-state index in [4.69, 9.17) is 17.3 Å². The fourth-order valence-electron chi connectivity index (χ4n) is 2.47. The van der Waals surface area contributed by atoms with Crippen LogP contribution in [0.1, 0.15) is 19.5 Å². The molecule has 0 bridgehead atoms. The Hall–Kier alpha value is -0.840. The maximum atomic E-state index is 6.04. The molecule has 2 heterocycles. The zero-order valence-electron chi connectivity index (χ0n) is 11.1. The third kappa shape index (κ3) is 2.76. The Balaban J connectivity index is 2.13. The fourth-order valence-corrected chi connectivity index (χ4v) is 2.65. The average molecular weight is 269 g/mol. The molecule has 1 aromatic heterocycles. The van der Waals surface area contributed by atoms with Gasteiger partial charge in [-0.05, 0) is 25.6 Å². The van der Waals surface area contributed by atoms with Crippen molar-refractivity contribution in [2.75, 3.05) is 31.1 Å². The van der Waals surface area contributed by atoms with E-state index < -0.39 is 0 Å². The van der Waals surface area contributed by atoms with E-state index in [2.05, 4.69) is 28.6 Å². The minimum absolute atomic E-state index is 0.386. The molecule has 1 fully saturated rings. The van der Waals surface area contributed by atoms with E-state index in [1.807, 2.05) is 12.1 Å². The van der Waals surface area contributed by atoms with Crippen molar-refractivity contribution in [1.29, 1.82) is 0 Å². The normalized spacial score (nSPS) is 21.3. The maximum Gasteiger partial charge on any atom is 0.129 e. The van der Waals surface area contributed by atoms with Crippen LogP contribution in [0.4, 0.5) is 5.82 Å². The van der Waals surface area contributed by atoms with E-state index in [1.54, 1.807) is 0 Å². The topological polar surface area (TPSA) is 45.4 Å². The van der Waals surface area contributed by atoms with Gasteiger partial charge in [-0.1, -0.05) is 18.5 Å². The SMILES string of the molecule is CCN1CCN(c2ccc(Cl)c(CN)n2)CC1C. The van der Waals surface area contributed by atoms with Crippen LogP contribution in [-0.2, 0) is 6.54 Å². The minimum atomic E-state index is 0.386. The molecule has 1 aliphatic heterocycles. The highest BCUT2D eigenvalue weighted by Crippen LogP contribution is 2.21. The summed E-state index contributed by atoms with van der Waals surface area (Å²) in [7, 11) is 0. The quantitative estimate of drug-likeness (QED) is 0.907. The van der Waals surface area contributed by atoms with Crippen molar-refractivity contribution in [1.82, 2.24) is 9.88 Å². The Morgan fingerprint density at radius 1 is 1.44 bits per heavy atom. The molecule has 0 aliphatic carbocycles. The van der Waals surface area contributed by atoms with Gasteiger partial charge in [-0.15, -0.1) is 0 Å². The summed E-state index contributed by atoms with van der Waals surface area (Å²) < 4.78 is 0. The number of hydrogen-bond acceptors (Lipinski definition) is 4. The molecule has 100 valence electrons. The molecule has 2 N–H and O–H groups in total. The zero-order valence-corrected chi connectivity index (χ0v) is 11.8. The van der Waals surface area contributed by atoms with Gasteiger partial charge in [0.25, 0.3) is 0 Å². The first-order valence-corrected chi connectivity index (χ1v) is 6.88. The predicted octanol–water partition coefficient (Wildman–Crippen LogP) is 1.72. The van der Waals surface area contributed by atoms with Crippen molar-refractivity contribution in [3.05, 3.63) is 22.8 Å². The van der Waals surface area contributed by atoms with Gasteiger partial charge in [-0.25, -0.2) is 4.98 Å². The van der Waals surface area contributed by atoms with Crippen molar-refractivity contribution in [3.8, 4) is 0 Å². The first kappa shape index (κ1) is 13.6. The molecule has 1 saturated heterocycles. The number of halogens is 1. The van der Waals surface area contributed by atoms with Crippen molar-refractivity contribution < 1.29 is 0 Å². The number of anilines is 1. The first-order valence-electron chi connectivity index (χ1n) is 6.50. The molecule has 0 radical (unpaired) electrons. The van der Waals surface area contributed by atoms with Crippen LogP contribution in [0, 0.1) is 0 Å². The lowest BCUT2D eigenvalue weighted by Gasteiger charge is -2.40. The fraction of sp³-hybridized carbons (Fsp3) is 0.615. The summed E-state index contributed by atoms with van der Waals surface area (Å²) in [5, 5.41) is 0.654. The van der Waals surface area contributed by atoms with Gasteiger partial charge >= 0.3 is 0 Å². The number of rotatable bonds is 3. The van der Waals surface area contributed by atoms with Gasteiger partial charge in [0.05, 0.1) is 10.7 Å². The summed E-state index contributed by atoms with van der Waals surface area (Å²) in [4.78, 5) is 9.34. The molecule has 0 saturated carbocycles. The largest absolute Gasteiger partial charge is 0.354 e. The van der Waals surface area contributed by atoms with E-state index >= 15 is 0 Å². The van der Waals surface area contributed by atoms with Gasteiger partial charge in [0, 0.05) is 32.2 Å².